The number of nitrogens with one attached hydrogen (secondary N) is 1. The van der Waals surface area contributed by atoms with E-state index in [1.165, 1.54) is 5.56 Å². The van der Waals surface area contributed by atoms with E-state index in [1.807, 2.05) is 18.2 Å². The van der Waals surface area contributed by atoms with Crippen LogP contribution in [0.1, 0.15) is 32.4 Å². The monoisotopic (exact) mass is 234 g/mol. The fourth-order valence-electron chi connectivity index (χ4n) is 2.04. The van der Waals surface area contributed by atoms with Gasteiger partial charge in [-0.25, -0.2) is 0 Å². The van der Waals surface area contributed by atoms with E-state index in [0.717, 1.165) is 13.1 Å². The molecule has 0 fully saturated rings. The lowest BCUT2D eigenvalue weighted by Crippen LogP contribution is -2.37. The van der Waals surface area contributed by atoms with Gasteiger partial charge in [-0.2, -0.15) is 0 Å². The standard InChI is InChI=1S/C14H22N2O/c1-4-16(5-2)14(11-15-12(3)17)13-9-7-6-8-10-13/h6-10,14H,4-5,11H2,1-3H3,(H,15,17). The summed E-state index contributed by atoms with van der Waals surface area (Å²) < 4.78 is 0. The molecule has 1 N–H and O–H groups in total. The lowest BCUT2D eigenvalue weighted by molar-refractivity contribution is -0.119. The number of likely N-dealkylation sites (N-methyl/N-ethyl adjacent to an activating group) is 1. The van der Waals surface area contributed by atoms with Crippen LogP contribution in [0.4, 0.5) is 0 Å². The molecule has 0 aliphatic rings. The second kappa shape index (κ2) is 7.07. The van der Waals surface area contributed by atoms with E-state index >= 15 is 0 Å². The van der Waals surface area contributed by atoms with Crippen molar-refractivity contribution in [2.24, 2.45) is 0 Å². The molecule has 17 heavy (non-hydrogen) atoms. The van der Waals surface area contributed by atoms with Gasteiger partial charge in [0.1, 0.15) is 0 Å². The maximum absolute atomic E-state index is 11.0. The summed E-state index contributed by atoms with van der Waals surface area (Å²) >= 11 is 0. The first-order chi connectivity index (χ1) is 8.19. The number of carbonyl (C=O) groups excluding carboxylic acids is 1. The van der Waals surface area contributed by atoms with Crippen molar-refractivity contribution >= 4 is 5.91 Å². The number of carbonyl (C=O) groups is 1. The summed E-state index contributed by atoms with van der Waals surface area (Å²) in [5, 5.41) is 2.91. The zero-order valence-electron chi connectivity index (χ0n) is 10.9. The van der Waals surface area contributed by atoms with Crippen LogP contribution in [0, 0.1) is 0 Å². The van der Waals surface area contributed by atoms with Gasteiger partial charge in [0.25, 0.3) is 0 Å². The van der Waals surface area contributed by atoms with Crippen molar-refractivity contribution in [3.05, 3.63) is 35.9 Å². The van der Waals surface area contributed by atoms with Crippen molar-refractivity contribution in [3.63, 3.8) is 0 Å². The van der Waals surface area contributed by atoms with Crippen LogP contribution in [0.15, 0.2) is 30.3 Å². The minimum Gasteiger partial charge on any atom is -0.354 e. The summed E-state index contributed by atoms with van der Waals surface area (Å²) in [6.45, 7) is 8.48. The zero-order valence-corrected chi connectivity index (χ0v) is 10.9. The number of nitrogens with zero attached hydrogens (tertiary/aromatic N) is 1. The highest BCUT2D eigenvalue weighted by Crippen LogP contribution is 2.19. The molecule has 0 heterocycles. The normalized spacial score (nSPS) is 12.5. The second-order valence-electron chi connectivity index (χ2n) is 4.08. The summed E-state index contributed by atoms with van der Waals surface area (Å²) in [5.74, 6) is 0.0260. The number of hydrogen-bond donors (Lipinski definition) is 1. The van der Waals surface area contributed by atoms with Gasteiger partial charge in [-0.15, -0.1) is 0 Å². The molecule has 0 radical (unpaired) electrons. The molecule has 0 aliphatic carbocycles. The van der Waals surface area contributed by atoms with Gasteiger partial charge in [-0.1, -0.05) is 44.2 Å². The Morgan fingerprint density at radius 1 is 1.24 bits per heavy atom. The SMILES string of the molecule is CCN(CC)C(CNC(C)=O)c1ccccc1. The first kappa shape index (κ1) is 13.7. The summed E-state index contributed by atoms with van der Waals surface area (Å²) in [7, 11) is 0. The maximum Gasteiger partial charge on any atom is 0.216 e. The Hall–Kier alpha value is -1.35. The molecule has 1 amide bonds. The van der Waals surface area contributed by atoms with Crippen LogP contribution < -0.4 is 5.32 Å². The third kappa shape index (κ3) is 4.19. The smallest absolute Gasteiger partial charge is 0.216 e. The van der Waals surface area contributed by atoms with Crippen molar-refractivity contribution < 1.29 is 4.79 Å². The molecule has 1 unspecified atom stereocenters. The molecule has 0 aromatic heterocycles. The molecule has 0 aliphatic heterocycles. The molecular weight excluding hydrogens is 212 g/mol. The molecule has 1 aromatic rings. The van der Waals surface area contributed by atoms with E-state index < -0.39 is 0 Å². The summed E-state index contributed by atoms with van der Waals surface area (Å²) in [6.07, 6.45) is 0. The highest BCUT2D eigenvalue weighted by atomic mass is 16.1. The van der Waals surface area contributed by atoms with Crippen LogP contribution in [0.3, 0.4) is 0 Å². The molecule has 94 valence electrons. The largest absolute Gasteiger partial charge is 0.354 e. The Balaban J connectivity index is 2.81. The van der Waals surface area contributed by atoms with Crippen LogP contribution in [0.2, 0.25) is 0 Å². The lowest BCUT2D eigenvalue weighted by Gasteiger charge is -2.30. The van der Waals surface area contributed by atoms with Gasteiger partial charge in [-0.3, -0.25) is 9.69 Å². The van der Waals surface area contributed by atoms with E-state index in [2.05, 4.69) is 36.2 Å². The summed E-state index contributed by atoms with van der Waals surface area (Å²) in [6, 6.07) is 10.6. The average Bonchev–Trinajstić information content (AvgIpc) is 2.35. The van der Waals surface area contributed by atoms with Gasteiger partial charge in [0.05, 0.1) is 6.04 Å². The van der Waals surface area contributed by atoms with Gasteiger partial charge < -0.3 is 5.32 Å². The molecule has 0 bridgehead atoms. The number of rotatable bonds is 6. The number of hydrogen-bond acceptors (Lipinski definition) is 2. The minimum absolute atomic E-state index is 0.0260. The fraction of sp³-hybridized carbons (Fsp3) is 0.500. The minimum atomic E-state index is 0.0260. The fourth-order valence-corrected chi connectivity index (χ4v) is 2.04. The molecular formula is C14H22N2O. The third-order valence-corrected chi connectivity index (χ3v) is 2.98. The first-order valence-electron chi connectivity index (χ1n) is 6.22. The second-order valence-corrected chi connectivity index (χ2v) is 4.08. The van der Waals surface area contributed by atoms with Gasteiger partial charge in [0, 0.05) is 13.5 Å². The Kier molecular flexibility index (Phi) is 5.70. The van der Waals surface area contributed by atoms with E-state index in [4.69, 9.17) is 0 Å². The quantitative estimate of drug-likeness (QED) is 0.818. The Labute approximate surface area is 104 Å². The van der Waals surface area contributed by atoms with Crippen LogP contribution in [0.5, 0.6) is 0 Å². The number of amides is 1. The van der Waals surface area contributed by atoms with Crippen LogP contribution in [-0.4, -0.2) is 30.4 Å². The predicted octanol–water partition coefficient (Wildman–Crippen LogP) is 2.21. The molecule has 1 aromatic carbocycles. The van der Waals surface area contributed by atoms with Gasteiger partial charge in [-0.05, 0) is 18.7 Å². The van der Waals surface area contributed by atoms with E-state index in [9.17, 15) is 4.79 Å². The molecule has 3 nitrogen and oxygen atoms in total. The van der Waals surface area contributed by atoms with Crippen molar-refractivity contribution in [2.75, 3.05) is 19.6 Å². The molecule has 0 saturated carbocycles. The summed E-state index contributed by atoms with van der Waals surface area (Å²) in [5.41, 5.74) is 1.25. The Morgan fingerprint density at radius 2 is 1.82 bits per heavy atom. The topological polar surface area (TPSA) is 32.3 Å². The van der Waals surface area contributed by atoms with Crippen molar-refractivity contribution in [3.8, 4) is 0 Å². The van der Waals surface area contributed by atoms with Crippen LogP contribution >= 0.6 is 0 Å². The first-order valence-corrected chi connectivity index (χ1v) is 6.22. The van der Waals surface area contributed by atoms with Crippen molar-refractivity contribution in [2.45, 2.75) is 26.8 Å². The zero-order chi connectivity index (χ0) is 12.7. The molecule has 0 spiro atoms. The lowest BCUT2D eigenvalue weighted by atomic mass is 10.1. The highest BCUT2D eigenvalue weighted by molar-refractivity contribution is 5.72. The third-order valence-electron chi connectivity index (χ3n) is 2.98. The predicted molar refractivity (Wildman–Crippen MR) is 70.8 cm³/mol. The van der Waals surface area contributed by atoms with Crippen LogP contribution in [0.25, 0.3) is 0 Å². The van der Waals surface area contributed by atoms with Gasteiger partial charge in [0.2, 0.25) is 5.91 Å². The van der Waals surface area contributed by atoms with Crippen molar-refractivity contribution in [1.82, 2.24) is 10.2 Å². The molecule has 0 saturated heterocycles. The van der Waals surface area contributed by atoms with Gasteiger partial charge in [0.15, 0.2) is 0 Å². The Bertz CT molecular complexity index is 333. The van der Waals surface area contributed by atoms with Crippen molar-refractivity contribution in [1.29, 1.82) is 0 Å². The summed E-state index contributed by atoms with van der Waals surface area (Å²) in [4.78, 5) is 13.4. The number of benzene rings is 1. The average molecular weight is 234 g/mol. The van der Waals surface area contributed by atoms with E-state index in [-0.39, 0.29) is 11.9 Å². The van der Waals surface area contributed by atoms with Gasteiger partial charge >= 0.3 is 0 Å². The highest BCUT2D eigenvalue weighted by Gasteiger charge is 2.17. The molecule has 1 rings (SSSR count). The Morgan fingerprint density at radius 3 is 2.29 bits per heavy atom. The molecule has 3 heteroatoms. The maximum atomic E-state index is 11.0. The van der Waals surface area contributed by atoms with E-state index in [0.29, 0.717) is 6.54 Å². The van der Waals surface area contributed by atoms with E-state index in [1.54, 1.807) is 6.92 Å². The molecule has 1 atom stereocenters. The van der Waals surface area contributed by atoms with Crippen LogP contribution in [-0.2, 0) is 4.79 Å².